The molecule has 3 rings (SSSR count). The summed E-state index contributed by atoms with van der Waals surface area (Å²) in [7, 11) is 0. The highest BCUT2D eigenvalue weighted by Crippen LogP contribution is 2.31. The molecule has 0 atom stereocenters. The second-order valence-corrected chi connectivity index (χ2v) is 4.14. The summed E-state index contributed by atoms with van der Waals surface area (Å²) in [4.78, 5) is 21.0. The van der Waals surface area contributed by atoms with Crippen molar-refractivity contribution in [3.8, 4) is 0 Å². The van der Waals surface area contributed by atoms with Crippen LogP contribution in [0.4, 0.5) is 5.82 Å². The number of aromatic nitrogens is 2. The summed E-state index contributed by atoms with van der Waals surface area (Å²) in [6.45, 7) is 0.249. The molecule has 0 aliphatic carbocycles. The topological polar surface area (TPSA) is 69.2 Å². The highest BCUT2D eigenvalue weighted by molar-refractivity contribution is 6.04. The maximum atomic E-state index is 12.0. The third kappa shape index (κ3) is 1.51. The Hall–Kier alpha value is -1.88. The summed E-state index contributed by atoms with van der Waals surface area (Å²) < 4.78 is 0. The Labute approximate surface area is 98.1 Å². The number of pyridine rings is 1. The number of carbonyl (C=O) groups is 1. The minimum absolute atomic E-state index is 0.0234. The number of amides is 1. The lowest BCUT2D eigenvalue weighted by Crippen LogP contribution is -2.33. The van der Waals surface area contributed by atoms with Crippen molar-refractivity contribution in [2.45, 2.75) is 12.8 Å². The van der Waals surface area contributed by atoms with Crippen LogP contribution in [0.5, 0.6) is 0 Å². The highest BCUT2D eigenvalue weighted by atomic mass is 16.3. The zero-order chi connectivity index (χ0) is 11.8. The third-order valence-corrected chi connectivity index (χ3v) is 3.14. The van der Waals surface area contributed by atoms with Gasteiger partial charge in [-0.15, -0.1) is 0 Å². The first-order valence-corrected chi connectivity index (χ1v) is 5.67. The molecule has 1 amide bonds. The number of nitrogens with zero attached hydrogens (tertiary/aromatic N) is 2. The van der Waals surface area contributed by atoms with Crippen LogP contribution in [0, 0.1) is 0 Å². The summed E-state index contributed by atoms with van der Waals surface area (Å²) >= 11 is 0. The maximum Gasteiger partial charge on any atom is 0.228 e. The van der Waals surface area contributed by atoms with Crippen molar-refractivity contribution in [3.05, 3.63) is 24.0 Å². The van der Waals surface area contributed by atoms with Gasteiger partial charge in [-0.2, -0.15) is 0 Å². The Morgan fingerprint density at radius 1 is 1.47 bits per heavy atom. The maximum absolute atomic E-state index is 12.0. The first-order valence-electron chi connectivity index (χ1n) is 5.67. The molecular weight excluding hydrogens is 218 g/mol. The molecule has 0 fully saturated rings. The van der Waals surface area contributed by atoms with Crippen LogP contribution in [-0.4, -0.2) is 34.1 Å². The molecular formula is C12H13N3O2. The molecule has 0 radical (unpaired) electrons. The molecule has 0 aromatic carbocycles. The summed E-state index contributed by atoms with van der Waals surface area (Å²) in [5.74, 6) is 0.686. The molecule has 0 saturated carbocycles. The summed E-state index contributed by atoms with van der Waals surface area (Å²) in [6.07, 6.45) is 4.80. The number of hydrogen-bond donors (Lipinski definition) is 2. The van der Waals surface area contributed by atoms with Gasteiger partial charge in [0.05, 0.1) is 18.7 Å². The lowest BCUT2D eigenvalue weighted by atomic mass is 10.1. The molecule has 0 saturated heterocycles. The Balaban J connectivity index is 2.24. The van der Waals surface area contributed by atoms with Gasteiger partial charge in [-0.3, -0.25) is 9.69 Å². The molecule has 88 valence electrons. The fourth-order valence-electron chi connectivity index (χ4n) is 2.35. The number of H-pyrrole nitrogens is 1. The van der Waals surface area contributed by atoms with E-state index >= 15 is 0 Å². The number of rotatable bonds is 2. The van der Waals surface area contributed by atoms with E-state index in [2.05, 4.69) is 9.97 Å². The van der Waals surface area contributed by atoms with Crippen LogP contribution in [0.2, 0.25) is 0 Å². The lowest BCUT2D eigenvalue weighted by molar-refractivity contribution is -0.118. The van der Waals surface area contributed by atoms with Gasteiger partial charge in [0.15, 0.2) is 0 Å². The average Bonchev–Trinajstić information content (AvgIpc) is 2.70. The number of hydrogen-bond acceptors (Lipinski definition) is 3. The molecule has 2 aromatic rings. The van der Waals surface area contributed by atoms with Crippen LogP contribution in [0.1, 0.15) is 12.0 Å². The van der Waals surface area contributed by atoms with Crippen LogP contribution < -0.4 is 4.90 Å². The standard InChI is InChI=1S/C12H13N3O2/c16-6-5-15-10(17)2-1-8-7-14-9-3-4-13-12(15)11(8)9/h3-4,7,14,16H,1-2,5-6H2. The molecule has 5 heteroatoms. The van der Waals surface area contributed by atoms with Crippen molar-refractivity contribution < 1.29 is 9.90 Å². The van der Waals surface area contributed by atoms with Crippen LogP contribution in [0.25, 0.3) is 10.9 Å². The van der Waals surface area contributed by atoms with Gasteiger partial charge < -0.3 is 10.1 Å². The number of aryl methyl sites for hydroxylation is 1. The van der Waals surface area contributed by atoms with E-state index in [4.69, 9.17) is 5.11 Å². The van der Waals surface area contributed by atoms with Crippen LogP contribution in [0.3, 0.4) is 0 Å². The van der Waals surface area contributed by atoms with Gasteiger partial charge in [0, 0.05) is 24.2 Å². The van der Waals surface area contributed by atoms with E-state index in [1.165, 1.54) is 0 Å². The lowest BCUT2D eigenvalue weighted by Gasteiger charge is -2.19. The number of aromatic amines is 1. The van der Waals surface area contributed by atoms with E-state index in [1.54, 1.807) is 11.1 Å². The van der Waals surface area contributed by atoms with Crippen molar-refractivity contribution in [2.75, 3.05) is 18.1 Å². The van der Waals surface area contributed by atoms with Crippen LogP contribution in [0.15, 0.2) is 18.5 Å². The number of β-amino-alcohol motifs (C(OH)–C–C–N with tert-alkyl or cyclic N) is 1. The van der Waals surface area contributed by atoms with Gasteiger partial charge in [-0.05, 0) is 18.1 Å². The smallest absolute Gasteiger partial charge is 0.228 e. The van der Waals surface area contributed by atoms with Gasteiger partial charge >= 0.3 is 0 Å². The fourth-order valence-corrected chi connectivity index (χ4v) is 2.35. The largest absolute Gasteiger partial charge is 0.395 e. The fraction of sp³-hybridized carbons (Fsp3) is 0.333. The van der Waals surface area contributed by atoms with Gasteiger partial charge in [0.25, 0.3) is 0 Å². The van der Waals surface area contributed by atoms with Crippen LogP contribution >= 0.6 is 0 Å². The van der Waals surface area contributed by atoms with E-state index in [0.717, 1.165) is 22.9 Å². The SMILES string of the molecule is O=C1CCc2c[nH]c3ccnc(c23)N1CCO. The average molecular weight is 231 g/mol. The minimum Gasteiger partial charge on any atom is -0.395 e. The van der Waals surface area contributed by atoms with Crippen molar-refractivity contribution in [2.24, 2.45) is 0 Å². The highest BCUT2D eigenvalue weighted by Gasteiger charge is 2.24. The van der Waals surface area contributed by atoms with E-state index in [0.29, 0.717) is 18.8 Å². The molecule has 2 aromatic heterocycles. The number of carbonyl (C=O) groups excluding carboxylic acids is 1. The molecule has 1 aliphatic heterocycles. The zero-order valence-corrected chi connectivity index (χ0v) is 9.31. The van der Waals surface area contributed by atoms with E-state index in [9.17, 15) is 4.79 Å². The van der Waals surface area contributed by atoms with Gasteiger partial charge in [-0.25, -0.2) is 4.98 Å². The monoisotopic (exact) mass is 231 g/mol. The zero-order valence-electron chi connectivity index (χ0n) is 9.31. The van der Waals surface area contributed by atoms with Gasteiger partial charge in [0.1, 0.15) is 5.82 Å². The molecule has 0 spiro atoms. The first kappa shape index (κ1) is 10.3. The van der Waals surface area contributed by atoms with Crippen molar-refractivity contribution in [1.82, 2.24) is 9.97 Å². The van der Waals surface area contributed by atoms with Crippen molar-refractivity contribution in [1.29, 1.82) is 0 Å². The second kappa shape index (κ2) is 3.85. The Kier molecular flexibility index (Phi) is 2.33. The number of aliphatic hydroxyl groups is 1. The summed E-state index contributed by atoms with van der Waals surface area (Å²) in [6, 6.07) is 1.90. The van der Waals surface area contributed by atoms with Gasteiger partial charge in [0.2, 0.25) is 5.91 Å². The molecule has 3 heterocycles. The van der Waals surface area contributed by atoms with Crippen molar-refractivity contribution in [3.63, 3.8) is 0 Å². The molecule has 2 N–H and O–H groups in total. The molecule has 5 nitrogen and oxygen atoms in total. The van der Waals surface area contributed by atoms with Crippen molar-refractivity contribution >= 4 is 22.6 Å². The van der Waals surface area contributed by atoms with Crippen LogP contribution in [-0.2, 0) is 11.2 Å². The Morgan fingerprint density at radius 2 is 2.35 bits per heavy atom. The predicted octanol–water partition coefficient (Wildman–Crippen LogP) is 0.834. The van der Waals surface area contributed by atoms with E-state index in [1.807, 2.05) is 12.3 Å². The van der Waals surface area contributed by atoms with E-state index in [-0.39, 0.29) is 12.5 Å². The summed E-state index contributed by atoms with van der Waals surface area (Å²) in [5, 5.41) is 10.1. The molecule has 0 unspecified atom stereocenters. The number of aliphatic hydroxyl groups excluding tert-OH is 1. The van der Waals surface area contributed by atoms with E-state index < -0.39 is 0 Å². The Morgan fingerprint density at radius 3 is 3.18 bits per heavy atom. The first-order chi connectivity index (χ1) is 8.31. The molecule has 1 aliphatic rings. The Bertz CT molecular complexity index is 576. The quantitative estimate of drug-likeness (QED) is 0.804. The predicted molar refractivity (Wildman–Crippen MR) is 63.9 cm³/mol. The molecule has 17 heavy (non-hydrogen) atoms. The van der Waals surface area contributed by atoms with Gasteiger partial charge in [-0.1, -0.05) is 0 Å². The molecule has 0 bridgehead atoms. The second-order valence-electron chi connectivity index (χ2n) is 4.14. The third-order valence-electron chi connectivity index (χ3n) is 3.14. The normalized spacial score (nSPS) is 15.4. The number of nitrogens with one attached hydrogen (secondary N) is 1. The summed E-state index contributed by atoms with van der Waals surface area (Å²) in [5.41, 5.74) is 2.11. The minimum atomic E-state index is -0.0520. The number of anilines is 1.